The van der Waals surface area contributed by atoms with Crippen molar-refractivity contribution in [3.63, 3.8) is 0 Å². The number of nitrogens with one attached hydrogen (secondary N) is 2. The summed E-state index contributed by atoms with van der Waals surface area (Å²) in [6, 6.07) is 11.1. The fourth-order valence-corrected chi connectivity index (χ4v) is 4.10. The summed E-state index contributed by atoms with van der Waals surface area (Å²) in [5, 5.41) is 16.0. The molecule has 0 spiro atoms. The Morgan fingerprint density at radius 1 is 1.06 bits per heavy atom. The Bertz CT molecular complexity index is 1120. The maximum absolute atomic E-state index is 12.5. The van der Waals surface area contributed by atoms with Gasteiger partial charge in [-0.25, -0.2) is 0 Å². The van der Waals surface area contributed by atoms with E-state index in [1.807, 2.05) is 18.4 Å². The molecule has 1 atom stereocenters. The zero-order chi connectivity index (χ0) is 23.3. The lowest BCUT2D eigenvalue weighted by Gasteiger charge is -2.15. The second kappa shape index (κ2) is 11.0. The highest BCUT2D eigenvalue weighted by Crippen LogP contribution is 2.26. The minimum atomic E-state index is -0.384. The second-order valence-corrected chi connectivity index (χ2v) is 8.95. The number of carbonyl (C=O) groups is 2. The first-order valence-corrected chi connectivity index (χ1v) is 11.8. The number of amides is 2. The number of thioether (sulfide) groups is 1. The molecule has 11 heteroatoms. The average molecular weight is 513 g/mol. The fraction of sp³-hybridized carbons (Fsp3) is 0.238. The number of nitrogens with zero attached hydrogens (tertiary/aromatic N) is 3. The number of anilines is 1. The molecule has 0 bridgehead atoms. The van der Waals surface area contributed by atoms with E-state index in [2.05, 4.69) is 20.8 Å². The molecule has 1 aromatic heterocycles. The zero-order valence-electron chi connectivity index (χ0n) is 17.2. The molecular weight excluding hydrogens is 493 g/mol. The SMILES string of the molecule is CCn1c(SCC(=O)Nc2ccc(Cl)c(Cl)c2)nnc1[C@@H](C)NC(=O)c1ccc(Cl)cc1. The third kappa shape index (κ3) is 6.16. The summed E-state index contributed by atoms with van der Waals surface area (Å²) >= 11 is 19.0. The van der Waals surface area contributed by atoms with E-state index in [-0.39, 0.29) is 23.6 Å². The molecule has 0 radical (unpaired) electrons. The molecule has 3 rings (SSSR count). The minimum Gasteiger partial charge on any atom is -0.342 e. The minimum absolute atomic E-state index is 0.129. The molecule has 3 aromatic rings. The molecule has 32 heavy (non-hydrogen) atoms. The average Bonchev–Trinajstić information content (AvgIpc) is 3.18. The van der Waals surface area contributed by atoms with Crippen LogP contribution in [0.25, 0.3) is 0 Å². The van der Waals surface area contributed by atoms with Crippen LogP contribution in [0.2, 0.25) is 15.1 Å². The first kappa shape index (κ1) is 24.4. The topological polar surface area (TPSA) is 88.9 Å². The molecule has 0 fully saturated rings. The van der Waals surface area contributed by atoms with Gasteiger partial charge in [0.05, 0.1) is 21.8 Å². The predicted molar refractivity (Wildman–Crippen MR) is 129 cm³/mol. The van der Waals surface area contributed by atoms with Crippen LogP contribution in [0.15, 0.2) is 47.6 Å². The molecule has 0 aliphatic heterocycles. The number of halogens is 3. The van der Waals surface area contributed by atoms with Crippen LogP contribution in [0.3, 0.4) is 0 Å². The van der Waals surface area contributed by atoms with Gasteiger partial charge >= 0.3 is 0 Å². The van der Waals surface area contributed by atoms with Gasteiger partial charge in [0.2, 0.25) is 5.91 Å². The summed E-state index contributed by atoms with van der Waals surface area (Å²) in [5.74, 6) is 0.270. The van der Waals surface area contributed by atoms with Gasteiger partial charge in [-0.2, -0.15) is 0 Å². The van der Waals surface area contributed by atoms with Crippen molar-refractivity contribution in [2.45, 2.75) is 31.6 Å². The van der Waals surface area contributed by atoms with E-state index >= 15 is 0 Å². The molecule has 1 heterocycles. The van der Waals surface area contributed by atoms with Crippen molar-refractivity contribution >= 4 is 64.1 Å². The second-order valence-electron chi connectivity index (χ2n) is 6.75. The Balaban J connectivity index is 1.62. The van der Waals surface area contributed by atoms with Crippen LogP contribution < -0.4 is 10.6 Å². The van der Waals surface area contributed by atoms with Gasteiger partial charge in [-0.3, -0.25) is 9.59 Å². The smallest absolute Gasteiger partial charge is 0.251 e. The van der Waals surface area contributed by atoms with E-state index in [0.717, 1.165) is 0 Å². The third-order valence-corrected chi connectivity index (χ3v) is 6.40. The molecule has 168 valence electrons. The lowest BCUT2D eigenvalue weighted by Crippen LogP contribution is -2.28. The molecule has 2 amide bonds. The number of hydrogen-bond acceptors (Lipinski definition) is 5. The van der Waals surface area contributed by atoms with Gasteiger partial charge < -0.3 is 15.2 Å². The molecule has 2 aromatic carbocycles. The standard InChI is InChI=1S/C21H20Cl3N5O2S/c1-3-29-19(12(2)25-20(31)13-4-6-14(22)7-5-13)27-28-21(29)32-11-18(30)26-15-8-9-16(23)17(24)10-15/h4-10,12H,3,11H2,1-2H3,(H,25,31)(H,26,30)/t12-/m1/s1. The molecule has 0 saturated heterocycles. The molecule has 2 N–H and O–H groups in total. The van der Waals surface area contributed by atoms with Gasteiger partial charge in [0.25, 0.3) is 5.91 Å². The fourth-order valence-electron chi connectivity index (χ4n) is 2.87. The van der Waals surface area contributed by atoms with Crippen LogP contribution in [0.4, 0.5) is 5.69 Å². The normalized spacial score (nSPS) is 11.8. The Labute approximate surface area is 204 Å². The van der Waals surface area contributed by atoms with Crippen molar-refractivity contribution in [2.24, 2.45) is 0 Å². The first-order valence-electron chi connectivity index (χ1n) is 9.65. The van der Waals surface area contributed by atoms with Crippen molar-refractivity contribution < 1.29 is 9.59 Å². The zero-order valence-corrected chi connectivity index (χ0v) is 20.3. The molecule has 7 nitrogen and oxygen atoms in total. The maximum Gasteiger partial charge on any atom is 0.251 e. The Morgan fingerprint density at radius 3 is 2.44 bits per heavy atom. The van der Waals surface area contributed by atoms with Gasteiger partial charge in [-0.1, -0.05) is 46.6 Å². The molecular formula is C21H20Cl3N5O2S. The summed E-state index contributed by atoms with van der Waals surface area (Å²) in [6.07, 6.45) is 0. The van der Waals surface area contributed by atoms with Gasteiger partial charge in [0, 0.05) is 22.8 Å². The molecule has 0 aliphatic carbocycles. The van der Waals surface area contributed by atoms with Crippen LogP contribution >= 0.6 is 46.6 Å². The Kier molecular flexibility index (Phi) is 8.42. The van der Waals surface area contributed by atoms with Gasteiger partial charge in [-0.15, -0.1) is 10.2 Å². The van der Waals surface area contributed by atoms with Gasteiger partial charge in [0.15, 0.2) is 11.0 Å². The maximum atomic E-state index is 12.5. The summed E-state index contributed by atoms with van der Waals surface area (Å²) < 4.78 is 1.86. The van der Waals surface area contributed by atoms with Crippen molar-refractivity contribution in [3.05, 3.63) is 68.9 Å². The lowest BCUT2D eigenvalue weighted by molar-refractivity contribution is -0.113. The number of rotatable bonds is 8. The van der Waals surface area contributed by atoms with Crippen LogP contribution in [0.1, 0.15) is 36.1 Å². The first-order chi connectivity index (χ1) is 15.3. The highest BCUT2D eigenvalue weighted by atomic mass is 35.5. The summed E-state index contributed by atoms with van der Waals surface area (Å²) in [6.45, 7) is 4.36. The van der Waals surface area contributed by atoms with Crippen molar-refractivity contribution in [2.75, 3.05) is 11.1 Å². The quantitative estimate of drug-likeness (QED) is 0.390. The van der Waals surface area contributed by atoms with E-state index in [9.17, 15) is 9.59 Å². The van der Waals surface area contributed by atoms with Crippen molar-refractivity contribution in [3.8, 4) is 0 Å². The number of benzene rings is 2. The largest absolute Gasteiger partial charge is 0.342 e. The molecule has 0 saturated carbocycles. The van der Waals surface area contributed by atoms with Crippen LogP contribution in [-0.4, -0.2) is 32.3 Å². The summed E-state index contributed by atoms with van der Waals surface area (Å²) in [5.41, 5.74) is 1.05. The van der Waals surface area contributed by atoms with E-state index in [0.29, 0.717) is 43.8 Å². The van der Waals surface area contributed by atoms with Crippen LogP contribution in [0, 0.1) is 0 Å². The van der Waals surface area contributed by atoms with E-state index in [1.54, 1.807) is 42.5 Å². The number of carbonyl (C=O) groups excluding carboxylic acids is 2. The van der Waals surface area contributed by atoms with Crippen molar-refractivity contribution in [1.82, 2.24) is 20.1 Å². The van der Waals surface area contributed by atoms with Crippen LogP contribution in [-0.2, 0) is 11.3 Å². The highest BCUT2D eigenvalue weighted by molar-refractivity contribution is 7.99. The van der Waals surface area contributed by atoms with E-state index in [4.69, 9.17) is 34.8 Å². The highest BCUT2D eigenvalue weighted by Gasteiger charge is 2.20. The monoisotopic (exact) mass is 511 g/mol. The number of hydrogen-bond donors (Lipinski definition) is 2. The number of aromatic nitrogens is 3. The van der Waals surface area contributed by atoms with Crippen LogP contribution in [0.5, 0.6) is 0 Å². The predicted octanol–water partition coefficient (Wildman–Crippen LogP) is 5.48. The molecule has 0 unspecified atom stereocenters. The molecule has 0 aliphatic rings. The van der Waals surface area contributed by atoms with E-state index < -0.39 is 0 Å². The van der Waals surface area contributed by atoms with Crippen molar-refractivity contribution in [1.29, 1.82) is 0 Å². The Hall–Kier alpha value is -2.26. The third-order valence-electron chi connectivity index (χ3n) is 4.44. The van der Waals surface area contributed by atoms with E-state index in [1.165, 1.54) is 11.8 Å². The Morgan fingerprint density at radius 2 is 1.78 bits per heavy atom. The van der Waals surface area contributed by atoms with Gasteiger partial charge in [0.1, 0.15) is 0 Å². The summed E-state index contributed by atoms with van der Waals surface area (Å²) in [4.78, 5) is 24.8. The van der Waals surface area contributed by atoms with Gasteiger partial charge in [-0.05, 0) is 56.3 Å². The summed E-state index contributed by atoms with van der Waals surface area (Å²) in [7, 11) is 0. The lowest BCUT2D eigenvalue weighted by atomic mass is 10.2.